The van der Waals surface area contributed by atoms with E-state index in [2.05, 4.69) is 153 Å². The minimum atomic E-state index is -0.385. The average molecular weight is 550 g/mol. The van der Waals surface area contributed by atoms with E-state index in [-0.39, 0.29) is 5.41 Å². The molecule has 0 aliphatic heterocycles. The number of hydrogen-bond donors (Lipinski definition) is 1. The van der Waals surface area contributed by atoms with E-state index >= 15 is 0 Å². The minimum absolute atomic E-state index is 0.385. The molecule has 6 rings (SSSR count). The number of methoxy groups -OCH3 is 1. The van der Waals surface area contributed by atoms with Crippen molar-refractivity contribution >= 4 is 11.1 Å². The maximum absolute atomic E-state index is 6.17. The predicted molar refractivity (Wildman–Crippen MR) is 177 cm³/mol. The third kappa shape index (κ3) is 5.13. The highest BCUT2D eigenvalue weighted by molar-refractivity contribution is 6.12. The van der Waals surface area contributed by atoms with Gasteiger partial charge < -0.3 is 10.1 Å². The third-order valence-corrected chi connectivity index (χ3v) is 8.34. The van der Waals surface area contributed by atoms with Crippen molar-refractivity contribution < 1.29 is 4.74 Å². The van der Waals surface area contributed by atoms with Crippen molar-refractivity contribution in [2.75, 3.05) is 26.8 Å². The molecule has 2 heteroatoms. The summed E-state index contributed by atoms with van der Waals surface area (Å²) in [5, 5.41) is 3.86. The molecular weight excluding hydrogens is 510 g/mol. The fourth-order valence-electron chi connectivity index (χ4n) is 6.65. The second-order valence-electron chi connectivity index (χ2n) is 11.7. The summed E-state index contributed by atoms with van der Waals surface area (Å²) in [5.41, 5.74) is 12.3. The smallest absolute Gasteiger partial charge is 0.0612 e. The Bertz CT molecular complexity index is 1660. The normalized spacial score (nSPS) is 16.2. The van der Waals surface area contributed by atoms with Crippen LogP contribution in [0.3, 0.4) is 0 Å². The Labute approximate surface area is 250 Å². The molecule has 0 spiro atoms. The Hall–Kier alpha value is -4.24. The van der Waals surface area contributed by atoms with E-state index in [0.717, 1.165) is 13.1 Å². The van der Waals surface area contributed by atoms with E-state index in [0.29, 0.717) is 12.5 Å². The van der Waals surface area contributed by atoms with Gasteiger partial charge in [0.2, 0.25) is 0 Å². The maximum Gasteiger partial charge on any atom is 0.0612 e. The lowest BCUT2D eigenvalue weighted by Crippen LogP contribution is -2.43. The molecule has 0 radical (unpaired) electrons. The Morgan fingerprint density at radius 2 is 1.12 bits per heavy atom. The summed E-state index contributed by atoms with van der Waals surface area (Å²) in [6, 6.07) is 48.3. The van der Waals surface area contributed by atoms with Gasteiger partial charge in [0.1, 0.15) is 0 Å². The SMILES string of the molecule is COCC1(CNCC(C)C)C(c2ccccc2)=C(c2ccccc2)c2c1ccc(-c1ccccc1)c2-c1ccccc1. The van der Waals surface area contributed by atoms with Gasteiger partial charge in [0.25, 0.3) is 0 Å². The van der Waals surface area contributed by atoms with Crippen LogP contribution in [-0.2, 0) is 10.2 Å². The van der Waals surface area contributed by atoms with Gasteiger partial charge in [0.15, 0.2) is 0 Å². The van der Waals surface area contributed by atoms with Crippen LogP contribution in [0.5, 0.6) is 0 Å². The number of hydrogen-bond acceptors (Lipinski definition) is 2. The lowest BCUT2D eigenvalue weighted by atomic mass is 9.74. The summed E-state index contributed by atoms with van der Waals surface area (Å²) in [4.78, 5) is 0. The molecule has 5 aromatic rings. The van der Waals surface area contributed by atoms with Crippen LogP contribution >= 0.6 is 0 Å². The van der Waals surface area contributed by atoms with Crippen LogP contribution in [-0.4, -0.2) is 26.8 Å². The van der Waals surface area contributed by atoms with Crippen molar-refractivity contribution in [2.45, 2.75) is 19.3 Å². The molecule has 1 atom stereocenters. The molecule has 0 saturated carbocycles. The van der Waals surface area contributed by atoms with E-state index in [4.69, 9.17) is 4.74 Å². The van der Waals surface area contributed by atoms with Crippen LogP contribution in [0.25, 0.3) is 33.4 Å². The first-order chi connectivity index (χ1) is 20.6. The van der Waals surface area contributed by atoms with Crippen molar-refractivity contribution in [3.05, 3.63) is 156 Å². The molecule has 2 nitrogen and oxygen atoms in total. The van der Waals surface area contributed by atoms with Crippen LogP contribution in [0.1, 0.15) is 36.1 Å². The van der Waals surface area contributed by atoms with Crippen molar-refractivity contribution in [1.82, 2.24) is 5.32 Å². The van der Waals surface area contributed by atoms with Crippen molar-refractivity contribution in [3.63, 3.8) is 0 Å². The molecule has 42 heavy (non-hydrogen) atoms. The van der Waals surface area contributed by atoms with Gasteiger partial charge in [-0.3, -0.25) is 0 Å². The fourth-order valence-corrected chi connectivity index (χ4v) is 6.65. The summed E-state index contributed by atoms with van der Waals surface area (Å²) < 4.78 is 6.17. The monoisotopic (exact) mass is 549 g/mol. The molecule has 0 aromatic heterocycles. The first kappa shape index (κ1) is 27.9. The molecule has 1 aliphatic carbocycles. The number of rotatable bonds is 10. The standard InChI is InChI=1S/C40H39NO/c1-29(2)26-41-27-40(28-42-3)35-25-24-34(30-16-8-4-9-17-30)36(31-18-10-5-11-19-31)38(35)37(32-20-12-6-13-21-32)39(40)33-22-14-7-15-23-33/h4-25,29,41H,26-28H2,1-3H3. The zero-order valence-corrected chi connectivity index (χ0v) is 24.8. The lowest BCUT2D eigenvalue weighted by molar-refractivity contribution is 0.154. The summed E-state index contributed by atoms with van der Waals surface area (Å²) >= 11 is 0. The van der Waals surface area contributed by atoms with Gasteiger partial charge in [0.05, 0.1) is 12.0 Å². The summed E-state index contributed by atoms with van der Waals surface area (Å²) in [6.45, 7) is 6.83. The molecular formula is C40H39NO. The molecule has 1 aliphatic rings. The maximum atomic E-state index is 6.17. The van der Waals surface area contributed by atoms with Crippen LogP contribution in [0.2, 0.25) is 0 Å². The summed E-state index contributed by atoms with van der Waals surface area (Å²) in [5.74, 6) is 0.545. The molecule has 0 bridgehead atoms. The van der Waals surface area contributed by atoms with Gasteiger partial charge in [-0.1, -0.05) is 147 Å². The molecule has 5 aromatic carbocycles. The van der Waals surface area contributed by atoms with Crippen LogP contribution < -0.4 is 5.32 Å². The molecule has 0 amide bonds. The zero-order chi connectivity index (χ0) is 28.9. The Kier molecular flexibility index (Phi) is 8.19. The third-order valence-electron chi connectivity index (χ3n) is 8.34. The van der Waals surface area contributed by atoms with Crippen molar-refractivity contribution in [1.29, 1.82) is 0 Å². The Balaban J connectivity index is 1.77. The Morgan fingerprint density at radius 1 is 0.595 bits per heavy atom. The highest BCUT2D eigenvalue weighted by atomic mass is 16.5. The highest BCUT2D eigenvalue weighted by Crippen LogP contribution is 2.57. The first-order valence-corrected chi connectivity index (χ1v) is 15.0. The van der Waals surface area contributed by atoms with E-state index < -0.39 is 0 Å². The average Bonchev–Trinajstić information content (AvgIpc) is 3.32. The van der Waals surface area contributed by atoms with E-state index in [1.54, 1.807) is 0 Å². The zero-order valence-electron chi connectivity index (χ0n) is 24.8. The largest absolute Gasteiger partial charge is 0.383 e. The van der Waals surface area contributed by atoms with Gasteiger partial charge in [-0.2, -0.15) is 0 Å². The van der Waals surface area contributed by atoms with Crippen LogP contribution in [0.15, 0.2) is 133 Å². The van der Waals surface area contributed by atoms with Gasteiger partial charge in [-0.15, -0.1) is 0 Å². The van der Waals surface area contributed by atoms with Gasteiger partial charge in [-0.05, 0) is 68.1 Å². The van der Waals surface area contributed by atoms with E-state index in [1.165, 1.54) is 55.7 Å². The van der Waals surface area contributed by atoms with E-state index in [1.807, 2.05) is 7.11 Å². The minimum Gasteiger partial charge on any atom is -0.383 e. The lowest BCUT2D eigenvalue weighted by Gasteiger charge is -2.35. The summed E-state index contributed by atoms with van der Waals surface area (Å²) in [6.07, 6.45) is 0. The number of benzene rings is 5. The molecule has 0 saturated heterocycles. The second kappa shape index (κ2) is 12.3. The first-order valence-electron chi connectivity index (χ1n) is 15.0. The molecule has 1 N–H and O–H groups in total. The topological polar surface area (TPSA) is 21.3 Å². The molecule has 210 valence electrons. The van der Waals surface area contributed by atoms with Crippen molar-refractivity contribution in [3.8, 4) is 22.3 Å². The summed E-state index contributed by atoms with van der Waals surface area (Å²) in [7, 11) is 1.84. The Morgan fingerprint density at radius 3 is 1.67 bits per heavy atom. The van der Waals surface area contributed by atoms with Crippen LogP contribution in [0.4, 0.5) is 0 Å². The highest BCUT2D eigenvalue weighted by Gasteiger charge is 2.47. The van der Waals surface area contributed by atoms with Crippen LogP contribution in [0, 0.1) is 5.92 Å². The van der Waals surface area contributed by atoms with E-state index in [9.17, 15) is 0 Å². The van der Waals surface area contributed by atoms with Crippen molar-refractivity contribution in [2.24, 2.45) is 5.92 Å². The van der Waals surface area contributed by atoms with Gasteiger partial charge in [0, 0.05) is 13.7 Å². The molecule has 0 heterocycles. The fraction of sp³-hybridized carbons (Fsp3) is 0.200. The number of ether oxygens (including phenoxy) is 1. The molecule has 1 unspecified atom stereocenters. The quantitative estimate of drug-likeness (QED) is 0.188. The van der Waals surface area contributed by atoms with Gasteiger partial charge in [-0.25, -0.2) is 0 Å². The number of nitrogens with one attached hydrogen (secondary N) is 1. The van der Waals surface area contributed by atoms with Gasteiger partial charge >= 0.3 is 0 Å². The predicted octanol–water partition coefficient (Wildman–Crippen LogP) is 9.12. The molecule has 0 fully saturated rings. The number of fused-ring (bicyclic) bond motifs is 1. The second-order valence-corrected chi connectivity index (χ2v) is 11.7.